The first kappa shape index (κ1) is 12.5. The second-order valence-electron chi connectivity index (χ2n) is 3.70. The summed E-state index contributed by atoms with van der Waals surface area (Å²) in [5.74, 6) is 1.80. The lowest BCUT2D eigenvalue weighted by Crippen LogP contribution is -2.31. The van der Waals surface area contributed by atoms with Gasteiger partial charge in [0.15, 0.2) is 0 Å². The lowest BCUT2D eigenvalue weighted by atomic mass is 10.2. The van der Waals surface area contributed by atoms with Crippen LogP contribution in [0.25, 0.3) is 0 Å². The van der Waals surface area contributed by atoms with Crippen LogP contribution in [0.5, 0.6) is 0 Å². The summed E-state index contributed by atoms with van der Waals surface area (Å²) >= 11 is 5.72. The van der Waals surface area contributed by atoms with E-state index in [1.165, 1.54) is 0 Å². The number of aromatic nitrogens is 2. The molecular weight excluding hydrogens is 210 g/mol. The van der Waals surface area contributed by atoms with Crippen molar-refractivity contribution in [1.82, 2.24) is 14.9 Å². The third-order valence-electron chi connectivity index (χ3n) is 2.66. The molecule has 0 aromatic carbocycles. The third-order valence-corrected chi connectivity index (χ3v) is 2.88. The van der Waals surface area contributed by atoms with E-state index in [0.717, 1.165) is 37.6 Å². The van der Waals surface area contributed by atoms with Gasteiger partial charge in [0, 0.05) is 37.4 Å². The summed E-state index contributed by atoms with van der Waals surface area (Å²) in [4.78, 5) is 4.18. The Kier molecular flexibility index (Phi) is 5.73. The zero-order chi connectivity index (χ0) is 11.1. The van der Waals surface area contributed by atoms with Crippen LogP contribution >= 0.6 is 11.6 Å². The van der Waals surface area contributed by atoms with Crippen molar-refractivity contribution in [3.8, 4) is 0 Å². The Morgan fingerprint density at radius 2 is 2.40 bits per heavy atom. The summed E-state index contributed by atoms with van der Waals surface area (Å²) in [5, 5.41) is 3.50. The van der Waals surface area contributed by atoms with Crippen molar-refractivity contribution in [3.05, 3.63) is 18.2 Å². The Hall–Kier alpha value is -0.540. The molecule has 4 heteroatoms. The maximum absolute atomic E-state index is 5.72. The van der Waals surface area contributed by atoms with Crippen molar-refractivity contribution in [2.75, 3.05) is 12.4 Å². The molecule has 1 heterocycles. The molecule has 0 aliphatic rings. The van der Waals surface area contributed by atoms with Crippen molar-refractivity contribution in [2.45, 2.75) is 39.3 Å². The number of rotatable bonds is 7. The Morgan fingerprint density at radius 1 is 1.60 bits per heavy atom. The van der Waals surface area contributed by atoms with Crippen molar-refractivity contribution >= 4 is 11.6 Å². The highest BCUT2D eigenvalue weighted by atomic mass is 35.5. The average Bonchev–Trinajstić information content (AvgIpc) is 2.63. The smallest absolute Gasteiger partial charge is 0.105 e. The van der Waals surface area contributed by atoms with Gasteiger partial charge in [-0.05, 0) is 19.8 Å². The van der Waals surface area contributed by atoms with E-state index in [0.29, 0.717) is 6.04 Å². The zero-order valence-corrected chi connectivity index (χ0v) is 10.3. The molecule has 0 spiro atoms. The number of hydrogen-bond donors (Lipinski definition) is 1. The monoisotopic (exact) mass is 229 g/mol. The van der Waals surface area contributed by atoms with E-state index >= 15 is 0 Å². The van der Waals surface area contributed by atoms with E-state index in [2.05, 4.69) is 21.8 Å². The first-order valence-electron chi connectivity index (χ1n) is 5.55. The number of imidazole rings is 1. The summed E-state index contributed by atoms with van der Waals surface area (Å²) in [6.07, 6.45) is 6.03. The molecule has 3 nitrogen and oxygen atoms in total. The summed E-state index contributed by atoms with van der Waals surface area (Å²) < 4.78 is 2.15. The predicted octanol–water partition coefficient (Wildman–Crippen LogP) is 2.19. The molecule has 15 heavy (non-hydrogen) atoms. The molecule has 0 aliphatic heterocycles. The van der Waals surface area contributed by atoms with Crippen molar-refractivity contribution < 1.29 is 0 Å². The molecule has 0 radical (unpaired) electrons. The molecule has 0 saturated carbocycles. The minimum Gasteiger partial charge on any atom is -0.334 e. The number of aryl methyl sites for hydroxylation is 1. The first-order valence-corrected chi connectivity index (χ1v) is 6.08. The Labute approximate surface area is 96.8 Å². The number of nitrogens with one attached hydrogen (secondary N) is 1. The highest BCUT2D eigenvalue weighted by Gasteiger charge is 2.04. The highest BCUT2D eigenvalue weighted by molar-refractivity contribution is 6.17. The number of alkyl halides is 1. The molecule has 0 amide bonds. The van der Waals surface area contributed by atoms with E-state index in [1.54, 1.807) is 0 Å². The average molecular weight is 230 g/mol. The van der Waals surface area contributed by atoms with E-state index in [4.69, 9.17) is 11.6 Å². The van der Waals surface area contributed by atoms with E-state index in [-0.39, 0.29) is 0 Å². The fourth-order valence-corrected chi connectivity index (χ4v) is 1.87. The van der Waals surface area contributed by atoms with Gasteiger partial charge in [0.2, 0.25) is 0 Å². The van der Waals surface area contributed by atoms with Gasteiger partial charge >= 0.3 is 0 Å². The predicted molar refractivity (Wildman–Crippen MR) is 64.4 cm³/mol. The Morgan fingerprint density at radius 3 is 2.93 bits per heavy atom. The van der Waals surface area contributed by atoms with Gasteiger partial charge in [-0.15, -0.1) is 11.6 Å². The van der Waals surface area contributed by atoms with Gasteiger partial charge in [-0.2, -0.15) is 0 Å². The number of halogens is 1. The van der Waals surface area contributed by atoms with Gasteiger partial charge in [0.1, 0.15) is 5.82 Å². The first-order chi connectivity index (χ1) is 7.27. The van der Waals surface area contributed by atoms with Crippen LogP contribution in [-0.4, -0.2) is 28.0 Å². The van der Waals surface area contributed by atoms with Crippen LogP contribution < -0.4 is 5.32 Å². The number of nitrogens with zero attached hydrogens (tertiary/aromatic N) is 2. The second kappa shape index (κ2) is 6.85. The number of hydrogen-bond acceptors (Lipinski definition) is 2. The molecule has 1 aromatic rings. The molecule has 0 saturated heterocycles. The van der Waals surface area contributed by atoms with E-state index in [9.17, 15) is 0 Å². The molecule has 1 aromatic heterocycles. The van der Waals surface area contributed by atoms with Crippen molar-refractivity contribution in [3.63, 3.8) is 0 Å². The molecule has 0 bridgehead atoms. The SMILES string of the molecule is CCC(CCCl)NCCn1ccnc1C. The molecule has 0 fully saturated rings. The quantitative estimate of drug-likeness (QED) is 0.727. The third kappa shape index (κ3) is 4.22. The van der Waals surface area contributed by atoms with E-state index in [1.807, 2.05) is 19.3 Å². The lowest BCUT2D eigenvalue weighted by Gasteiger charge is -2.15. The van der Waals surface area contributed by atoms with Crippen LogP contribution in [0, 0.1) is 6.92 Å². The molecule has 1 rings (SSSR count). The van der Waals surface area contributed by atoms with Gasteiger partial charge in [-0.3, -0.25) is 0 Å². The molecular formula is C11H20ClN3. The normalized spacial score (nSPS) is 13.0. The minimum absolute atomic E-state index is 0.548. The van der Waals surface area contributed by atoms with Crippen LogP contribution in [0.4, 0.5) is 0 Å². The van der Waals surface area contributed by atoms with Crippen LogP contribution in [0.1, 0.15) is 25.6 Å². The zero-order valence-electron chi connectivity index (χ0n) is 9.54. The summed E-state index contributed by atoms with van der Waals surface area (Å²) in [5.41, 5.74) is 0. The highest BCUT2D eigenvalue weighted by Crippen LogP contribution is 1.99. The van der Waals surface area contributed by atoms with Crippen molar-refractivity contribution in [2.24, 2.45) is 0 Å². The van der Waals surface area contributed by atoms with Gasteiger partial charge in [0.25, 0.3) is 0 Å². The van der Waals surface area contributed by atoms with Gasteiger partial charge < -0.3 is 9.88 Å². The summed E-state index contributed by atoms with van der Waals surface area (Å²) in [6, 6.07) is 0.548. The van der Waals surface area contributed by atoms with Gasteiger partial charge in [0.05, 0.1) is 0 Å². The second-order valence-corrected chi connectivity index (χ2v) is 4.08. The summed E-state index contributed by atoms with van der Waals surface area (Å²) in [7, 11) is 0. The Bertz CT molecular complexity index is 273. The largest absolute Gasteiger partial charge is 0.334 e. The molecule has 0 aliphatic carbocycles. The van der Waals surface area contributed by atoms with E-state index < -0.39 is 0 Å². The standard InChI is InChI=1S/C11H20ClN3/c1-3-11(4-5-12)14-7-9-15-8-6-13-10(15)2/h6,8,11,14H,3-5,7,9H2,1-2H3. The molecule has 1 unspecified atom stereocenters. The Balaban J connectivity index is 2.23. The topological polar surface area (TPSA) is 29.9 Å². The molecule has 1 atom stereocenters. The maximum atomic E-state index is 5.72. The van der Waals surface area contributed by atoms with Gasteiger partial charge in [-0.25, -0.2) is 4.98 Å². The van der Waals surface area contributed by atoms with Crippen molar-refractivity contribution in [1.29, 1.82) is 0 Å². The van der Waals surface area contributed by atoms with Crippen LogP contribution in [0.15, 0.2) is 12.4 Å². The summed E-state index contributed by atoms with van der Waals surface area (Å²) in [6.45, 7) is 6.17. The van der Waals surface area contributed by atoms with Crippen LogP contribution in [0.2, 0.25) is 0 Å². The fourth-order valence-electron chi connectivity index (χ4n) is 1.61. The van der Waals surface area contributed by atoms with Gasteiger partial charge in [-0.1, -0.05) is 6.92 Å². The van der Waals surface area contributed by atoms with Crippen LogP contribution in [-0.2, 0) is 6.54 Å². The lowest BCUT2D eigenvalue weighted by molar-refractivity contribution is 0.465. The minimum atomic E-state index is 0.548. The molecule has 1 N–H and O–H groups in total. The molecule has 86 valence electrons. The fraction of sp³-hybridized carbons (Fsp3) is 0.727. The van der Waals surface area contributed by atoms with Crippen LogP contribution in [0.3, 0.4) is 0 Å². The maximum Gasteiger partial charge on any atom is 0.105 e.